The van der Waals surface area contributed by atoms with Gasteiger partial charge in [-0.1, -0.05) is 0 Å². The monoisotopic (exact) mass is 407 g/mol. The lowest BCUT2D eigenvalue weighted by molar-refractivity contribution is 0.0525. The third-order valence-corrected chi connectivity index (χ3v) is 5.21. The van der Waals surface area contributed by atoms with Gasteiger partial charge in [-0.2, -0.15) is 0 Å². The molecular weight excluding hydrogens is 390 g/mol. The Kier molecular flexibility index (Phi) is 5.41. The number of carboxylic acid groups (broad SMARTS) is 1. The van der Waals surface area contributed by atoms with Crippen LogP contribution in [0.3, 0.4) is 0 Å². The molecule has 0 unspecified atom stereocenters. The summed E-state index contributed by atoms with van der Waals surface area (Å²) in [5, 5.41) is 9.40. The molecule has 0 saturated heterocycles. The van der Waals surface area contributed by atoms with Gasteiger partial charge < -0.3 is 19.3 Å². The summed E-state index contributed by atoms with van der Waals surface area (Å²) < 4.78 is 43.1. The van der Waals surface area contributed by atoms with E-state index in [4.69, 9.17) is 14.2 Å². The van der Waals surface area contributed by atoms with Crippen molar-refractivity contribution < 1.29 is 37.3 Å². The first kappa shape index (κ1) is 19.5. The molecule has 0 amide bonds. The zero-order valence-electron chi connectivity index (χ0n) is 14.8. The Morgan fingerprint density at radius 1 is 1.11 bits per heavy atom. The molecule has 0 atom stereocenters. The van der Waals surface area contributed by atoms with Crippen LogP contribution in [0.5, 0.6) is 11.5 Å². The van der Waals surface area contributed by atoms with Crippen molar-refractivity contribution in [3.8, 4) is 11.5 Å². The number of hydrogen-bond acceptors (Lipinski definition) is 7. The van der Waals surface area contributed by atoms with Crippen molar-refractivity contribution in [2.24, 2.45) is 0 Å². The Bertz CT molecular complexity index is 1010. The molecule has 1 heterocycles. The van der Waals surface area contributed by atoms with E-state index in [-0.39, 0.29) is 53.0 Å². The molecule has 0 aromatic heterocycles. The van der Waals surface area contributed by atoms with Crippen molar-refractivity contribution in [3.63, 3.8) is 0 Å². The molecule has 28 heavy (non-hydrogen) atoms. The second-order valence-corrected chi connectivity index (χ2v) is 7.38. The fourth-order valence-corrected chi connectivity index (χ4v) is 3.61. The molecule has 148 valence electrons. The van der Waals surface area contributed by atoms with Gasteiger partial charge in [0.2, 0.25) is 0 Å². The zero-order chi connectivity index (χ0) is 20.3. The minimum atomic E-state index is -4.11. The van der Waals surface area contributed by atoms with Crippen molar-refractivity contribution in [1.29, 1.82) is 0 Å². The number of rotatable bonds is 6. The summed E-state index contributed by atoms with van der Waals surface area (Å²) in [6, 6.07) is 7.56. The van der Waals surface area contributed by atoms with Gasteiger partial charge in [-0.15, -0.1) is 0 Å². The van der Waals surface area contributed by atoms with Gasteiger partial charge >= 0.3 is 11.9 Å². The summed E-state index contributed by atoms with van der Waals surface area (Å²) in [5.74, 6) is -1.43. The van der Waals surface area contributed by atoms with Crippen molar-refractivity contribution in [1.82, 2.24) is 0 Å². The van der Waals surface area contributed by atoms with Crippen molar-refractivity contribution in [2.45, 2.75) is 11.8 Å². The van der Waals surface area contributed by atoms with Crippen molar-refractivity contribution in [2.75, 3.05) is 24.5 Å². The average molecular weight is 407 g/mol. The number of esters is 1. The molecule has 2 N–H and O–H groups in total. The van der Waals surface area contributed by atoms with E-state index in [1.807, 2.05) is 0 Å². The molecule has 9 nitrogen and oxygen atoms in total. The number of hydrogen-bond donors (Lipinski definition) is 2. The number of ether oxygens (including phenoxy) is 3. The topological polar surface area (TPSA) is 128 Å². The highest BCUT2D eigenvalue weighted by Crippen LogP contribution is 2.36. The lowest BCUT2D eigenvalue weighted by Gasteiger charge is -2.20. The molecule has 0 fully saturated rings. The van der Waals surface area contributed by atoms with Crippen LogP contribution in [0.15, 0.2) is 41.3 Å². The SMILES string of the molecule is CCOC(=O)c1ccc(S(=O)(=O)Nc2cc3c(cc2C(=O)O)OCCO3)cc1. The number of sulfonamides is 1. The van der Waals surface area contributed by atoms with Crippen molar-refractivity contribution in [3.05, 3.63) is 47.5 Å². The molecule has 2 aromatic carbocycles. The summed E-state index contributed by atoms with van der Waals surface area (Å²) >= 11 is 0. The molecule has 2 aromatic rings. The van der Waals surface area contributed by atoms with Crippen LogP contribution < -0.4 is 14.2 Å². The molecule has 0 saturated carbocycles. The average Bonchev–Trinajstić information content (AvgIpc) is 2.67. The standard InChI is InChI=1S/C18H17NO8S/c1-2-25-18(22)11-3-5-12(6-4-11)28(23,24)19-14-10-16-15(26-7-8-27-16)9-13(14)17(20)21/h3-6,9-10,19H,2,7-8H2,1H3,(H,20,21). The Balaban J connectivity index is 1.92. The van der Waals surface area contributed by atoms with Gasteiger partial charge in [0, 0.05) is 12.1 Å². The summed E-state index contributed by atoms with van der Waals surface area (Å²) in [5.41, 5.74) is -0.242. The van der Waals surface area contributed by atoms with E-state index in [1.54, 1.807) is 6.92 Å². The van der Waals surface area contributed by atoms with Crippen LogP contribution in [-0.2, 0) is 14.8 Å². The normalized spacial score (nSPS) is 12.9. The minimum Gasteiger partial charge on any atom is -0.486 e. The second-order valence-electron chi connectivity index (χ2n) is 5.70. The molecule has 10 heteroatoms. The second kappa shape index (κ2) is 7.77. The molecule has 0 bridgehead atoms. The molecule has 3 rings (SSSR count). The number of fused-ring (bicyclic) bond motifs is 1. The molecule has 1 aliphatic rings. The van der Waals surface area contributed by atoms with E-state index in [9.17, 15) is 23.1 Å². The van der Waals surface area contributed by atoms with Crippen LogP contribution in [0, 0.1) is 0 Å². The maximum absolute atomic E-state index is 12.7. The predicted octanol–water partition coefficient (Wildman–Crippen LogP) is 2.13. The van der Waals surface area contributed by atoms with Crippen LogP contribution in [0.1, 0.15) is 27.6 Å². The number of anilines is 1. The molecular formula is C18H17NO8S. The number of carboxylic acids is 1. The minimum absolute atomic E-state index is 0.147. The number of nitrogens with one attached hydrogen (secondary N) is 1. The quantitative estimate of drug-likeness (QED) is 0.697. The highest BCUT2D eigenvalue weighted by molar-refractivity contribution is 7.92. The van der Waals surface area contributed by atoms with Crippen LogP contribution in [-0.4, -0.2) is 45.3 Å². The lowest BCUT2D eigenvalue weighted by atomic mass is 10.1. The molecule has 0 radical (unpaired) electrons. The number of benzene rings is 2. The third-order valence-electron chi connectivity index (χ3n) is 3.83. The van der Waals surface area contributed by atoms with Crippen LogP contribution in [0.4, 0.5) is 5.69 Å². The van der Waals surface area contributed by atoms with Gasteiger partial charge in [0.05, 0.1) is 28.3 Å². The smallest absolute Gasteiger partial charge is 0.338 e. The third kappa shape index (κ3) is 4.01. The lowest BCUT2D eigenvalue weighted by Crippen LogP contribution is -2.19. The van der Waals surface area contributed by atoms with Crippen LogP contribution >= 0.6 is 0 Å². The van der Waals surface area contributed by atoms with Crippen LogP contribution in [0.2, 0.25) is 0 Å². The Labute approximate surface area is 160 Å². The highest BCUT2D eigenvalue weighted by Gasteiger charge is 2.23. The fraction of sp³-hybridized carbons (Fsp3) is 0.222. The molecule has 0 spiro atoms. The zero-order valence-corrected chi connectivity index (χ0v) is 15.6. The van der Waals surface area contributed by atoms with Crippen molar-refractivity contribution >= 4 is 27.6 Å². The number of carbonyl (C=O) groups is 2. The Hall–Kier alpha value is -3.27. The first-order chi connectivity index (χ1) is 13.3. The van der Waals surface area contributed by atoms with Gasteiger partial charge in [0.25, 0.3) is 10.0 Å². The summed E-state index contributed by atoms with van der Waals surface area (Å²) in [4.78, 5) is 23.1. The largest absolute Gasteiger partial charge is 0.486 e. The van der Waals surface area contributed by atoms with E-state index in [1.165, 1.54) is 36.4 Å². The van der Waals surface area contributed by atoms with E-state index in [0.29, 0.717) is 0 Å². The van der Waals surface area contributed by atoms with E-state index in [2.05, 4.69) is 4.72 Å². The maximum atomic E-state index is 12.7. The van der Waals surface area contributed by atoms with E-state index >= 15 is 0 Å². The summed E-state index contributed by atoms with van der Waals surface area (Å²) in [6.45, 7) is 2.39. The maximum Gasteiger partial charge on any atom is 0.338 e. The van der Waals surface area contributed by atoms with Gasteiger partial charge in [-0.25, -0.2) is 18.0 Å². The summed E-state index contributed by atoms with van der Waals surface area (Å²) in [7, 11) is -4.11. The molecule has 1 aliphatic heterocycles. The number of aromatic carboxylic acids is 1. The highest BCUT2D eigenvalue weighted by atomic mass is 32.2. The van der Waals surface area contributed by atoms with Gasteiger partial charge in [-0.3, -0.25) is 4.72 Å². The summed E-state index contributed by atoms with van der Waals surface area (Å²) in [6.07, 6.45) is 0. The number of carbonyl (C=O) groups excluding carboxylic acids is 1. The van der Waals surface area contributed by atoms with E-state index in [0.717, 1.165) is 0 Å². The Morgan fingerprint density at radius 2 is 1.71 bits per heavy atom. The molecule has 0 aliphatic carbocycles. The fourth-order valence-electron chi connectivity index (χ4n) is 2.54. The van der Waals surface area contributed by atoms with Gasteiger partial charge in [0.15, 0.2) is 11.5 Å². The van der Waals surface area contributed by atoms with Crippen LogP contribution in [0.25, 0.3) is 0 Å². The first-order valence-electron chi connectivity index (χ1n) is 8.29. The Morgan fingerprint density at radius 3 is 2.29 bits per heavy atom. The predicted molar refractivity (Wildman–Crippen MR) is 97.6 cm³/mol. The van der Waals surface area contributed by atoms with Gasteiger partial charge in [0.1, 0.15) is 13.2 Å². The van der Waals surface area contributed by atoms with E-state index < -0.39 is 22.0 Å². The first-order valence-corrected chi connectivity index (χ1v) is 9.77. The van der Waals surface area contributed by atoms with Gasteiger partial charge in [-0.05, 0) is 31.2 Å².